The summed E-state index contributed by atoms with van der Waals surface area (Å²) in [5.41, 5.74) is 4.85. The Morgan fingerprint density at radius 2 is 1.83 bits per heavy atom. The van der Waals surface area contributed by atoms with Crippen LogP contribution in [0, 0.1) is 0 Å². The van der Waals surface area contributed by atoms with E-state index < -0.39 is 11.8 Å². The van der Waals surface area contributed by atoms with Gasteiger partial charge in [0.15, 0.2) is 5.11 Å². The first kappa shape index (κ1) is 22.1. The van der Waals surface area contributed by atoms with E-state index in [1.807, 2.05) is 41.5 Å². The Balaban J connectivity index is 4.35. The molecule has 0 amide bonds. The lowest BCUT2D eigenvalue weighted by molar-refractivity contribution is -0.154. The third-order valence-electron chi connectivity index (χ3n) is 2.70. The molecule has 0 aromatic rings. The van der Waals surface area contributed by atoms with Gasteiger partial charge in [-0.25, -0.2) is 0 Å². The van der Waals surface area contributed by atoms with Crippen LogP contribution in [0.4, 0.5) is 0 Å². The van der Waals surface area contributed by atoms with Crippen LogP contribution in [0.5, 0.6) is 0 Å². The highest BCUT2D eigenvalue weighted by Gasteiger charge is 2.19. The molecular formula is C16H33N3O3S. The summed E-state index contributed by atoms with van der Waals surface area (Å²) in [5, 5.41) is 16.2. The third-order valence-corrected chi connectivity index (χ3v) is 2.92. The molecule has 0 aromatic heterocycles. The summed E-state index contributed by atoms with van der Waals surface area (Å²) < 4.78 is 5.28. The number of thiocarbonyl (C=S) groups is 1. The van der Waals surface area contributed by atoms with Crippen molar-refractivity contribution in [2.75, 3.05) is 0 Å². The molecule has 0 saturated heterocycles. The molecule has 0 rings (SSSR count). The van der Waals surface area contributed by atoms with Crippen molar-refractivity contribution in [3.05, 3.63) is 0 Å². The zero-order chi connectivity index (χ0) is 18.3. The molecule has 7 heteroatoms. The Morgan fingerprint density at radius 3 is 2.26 bits per heavy atom. The quantitative estimate of drug-likeness (QED) is 0.317. The van der Waals surface area contributed by atoms with Crippen LogP contribution in [0.2, 0.25) is 0 Å². The number of nitrogens with one attached hydrogen (secondary N) is 2. The van der Waals surface area contributed by atoms with E-state index in [1.165, 1.54) is 0 Å². The number of hydrogen-bond donors (Lipinski definition) is 4. The second kappa shape index (κ2) is 9.39. The molecule has 5 N–H and O–H groups in total. The second-order valence-electron chi connectivity index (χ2n) is 7.83. The minimum atomic E-state index is -0.925. The normalized spacial score (nSPS) is 14.8. The maximum absolute atomic E-state index is 11.7. The lowest BCUT2D eigenvalue weighted by Crippen LogP contribution is -2.50. The van der Waals surface area contributed by atoms with Crippen molar-refractivity contribution in [3.8, 4) is 0 Å². The van der Waals surface area contributed by atoms with Gasteiger partial charge in [0, 0.05) is 24.4 Å². The molecule has 2 unspecified atom stereocenters. The standard InChI is InChI=1S/C16H33N3O3S/c1-15(2,3)19-14(23)18-11(10-12(17)20)8-7-9-13(21)22-16(4,5)6/h11-12,20H,7-10,17H2,1-6H3,(H2,18,19,23). The van der Waals surface area contributed by atoms with Crippen molar-refractivity contribution >= 4 is 23.3 Å². The van der Waals surface area contributed by atoms with Gasteiger partial charge in [0.1, 0.15) is 11.8 Å². The third kappa shape index (κ3) is 14.4. The van der Waals surface area contributed by atoms with E-state index in [0.717, 1.165) is 0 Å². The number of hydrogen-bond acceptors (Lipinski definition) is 5. The Bertz CT molecular complexity index is 387. The Morgan fingerprint density at radius 1 is 1.26 bits per heavy atom. The molecule has 0 aliphatic heterocycles. The lowest BCUT2D eigenvalue weighted by atomic mass is 10.1. The topological polar surface area (TPSA) is 96.6 Å². The number of aliphatic hydroxyl groups excluding tert-OH is 1. The summed E-state index contributed by atoms with van der Waals surface area (Å²) in [4.78, 5) is 11.7. The van der Waals surface area contributed by atoms with Gasteiger partial charge in [-0.3, -0.25) is 4.79 Å². The number of carbonyl (C=O) groups excluding carboxylic acids is 1. The van der Waals surface area contributed by atoms with Gasteiger partial charge in [-0.05, 0) is 66.6 Å². The fourth-order valence-corrected chi connectivity index (χ4v) is 2.46. The minimum Gasteiger partial charge on any atom is -0.460 e. The fourth-order valence-electron chi connectivity index (χ4n) is 1.99. The summed E-state index contributed by atoms with van der Waals surface area (Å²) >= 11 is 5.27. The number of rotatable bonds is 7. The molecule has 136 valence electrons. The summed E-state index contributed by atoms with van der Waals surface area (Å²) in [6, 6.07) is -0.0974. The number of nitrogens with two attached hydrogens (primary N) is 1. The highest BCUT2D eigenvalue weighted by Crippen LogP contribution is 2.12. The summed E-state index contributed by atoms with van der Waals surface area (Å²) in [6.07, 6.45) is 1.07. The van der Waals surface area contributed by atoms with Crippen LogP contribution in [-0.4, -0.2) is 39.6 Å². The van der Waals surface area contributed by atoms with Gasteiger partial charge in [-0.2, -0.15) is 0 Å². The first-order valence-electron chi connectivity index (χ1n) is 8.03. The predicted molar refractivity (Wildman–Crippen MR) is 96.9 cm³/mol. The van der Waals surface area contributed by atoms with Gasteiger partial charge in [-0.15, -0.1) is 0 Å². The van der Waals surface area contributed by atoms with Gasteiger partial charge < -0.3 is 26.2 Å². The first-order chi connectivity index (χ1) is 10.3. The van der Waals surface area contributed by atoms with Gasteiger partial charge in [-0.1, -0.05) is 0 Å². The van der Waals surface area contributed by atoms with Crippen LogP contribution in [-0.2, 0) is 9.53 Å². The van der Waals surface area contributed by atoms with Gasteiger partial charge in [0.25, 0.3) is 0 Å². The van der Waals surface area contributed by atoms with Gasteiger partial charge >= 0.3 is 5.97 Å². The van der Waals surface area contributed by atoms with E-state index in [9.17, 15) is 9.90 Å². The van der Waals surface area contributed by atoms with Crippen molar-refractivity contribution in [2.24, 2.45) is 5.73 Å². The average molecular weight is 348 g/mol. The largest absolute Gasteiger partial charge is 0.460 e. The smallest absolute Gasteiger partial charge is 0.306 e. The first-order valence-corrected chi connectivity index (χ1v) is 8.43. The molecule has 23 heavy (non-hydrogen) atoms. The van der Waals surface area contributed by atoms with Gasteiger partial charge in [0.05, 0.1) is 0 Å². The average Bonchev–Trinajstić information content (AvgIpc) is 2.21. The second-order valence-corrected chi connectivity index (χ2v) is 8.24. The molecule has 0 aliphatic rings. The van der Waals surface area contributed by atoms with Crippen molar-refractivity contribution < 1.29 is 14.6 Å². The Kier molecular flexibility index (Phi) is 9.02. The van der Waals surface area contributed by atoms with E-state index in [-0.39, 0.29) is 17.6 Å². The molecule has 0 bridgehead atoms. The summed E-state index contributed by atoms with van der Waals surface area (Å²) in [5.74, 6) is -0.222. The van der Waals surface area contributed by atoms with Crippen LogP contribution < -0.4 is 16.4 Å². The maximum atomic E-state index is 11.7. The van der Waals surface area contributed by atoms with E-state index in [4.69, 9.17) is 22.7 Å². The number of ether oxygens (including phenoxy) is 1. The van der Waals surface area contributed by atoms with Crippen LogP contribution in [0.25, 0.3) is 0 Å². The van der Waals surface area contributed by atoms with Crippen LogP contribution in [0.15, 0.2) is 0 Å². The summed E-state index contributed by atoms with van der Waals surface area (Å²) in [6.45, 7) is 11.6. The molecule has 6 nitrogen and oxygen atoms in total. The van der Waals surface area contributed by atoms with E-state index in [2.05, 4.69) is 10.6 Å². The molecule has 0 radical (unpaired) electrons. The molecule has 0 spiro atoms. The van der Waals surface area contributed by atoms with Crippen LogP contribution in [0.1, 0.15) is 67.2 Å². The van der Waals surface area contributed by atoms with Crippen molar-refractivity contribution in [2.45, 2.75) is 90.6 Å². The Labute approximate surface area is 145 Å². The van der Waals surface area contributed by atoms with Crippen LogP contribution in [0.3, 0.4) is 0 Å². The molecule has 0 fully saturated rings. The van der Waals surface area contributed by atoms with Gasteiger partial charge in [0.2, 0.25) is 0 Å². The fraction of sp³-hybridized carbons (Fsp3) is 0.875. The molecule has 0 aromatic carbocycles. The maximum Gasteiger partial charge on any atom is 0.306 e. The van der Waals surface area contributed by atoms with Crippen LogP contribution >= 0.6 is 12.2 Å². The predicted octanol–water partition coefficient (Wildman–Crippen LogP) is 1.80. The van der Waals surface area contributed by atoms with E-state index >= 15 is 0 Å². The number of esters is 1. The number of aliphatic hydroxyl groups is 1. The van der Waals surface area contributed by atoms with E-state index in [1.54, 1.807) is 0 Å². The van der Waals surface area contributed by atoms with E-state index in [0.29, 0.717) is 30.8 Å². The highest BCUT2D eigenvalue weighted by atomic mass is 32.1. The zero-order valence-electron chi connectivity index (χ0n) is 15.2. The molecule has 0 heterocycles. The monoisotopic (exact) mass is 347 g/mol. The van der Waals surface area contributed by atoms with Crippen molar-refractivity contribution in [1.29, 1.82) is 0 Å². The molecule has 2 atom stereocenters. The van der Waals surface area contributed by atoms with Crippen molar-refractivity contribution in [3.63, 3.8) is 0 Å². The summed E-state index contributed by atoms with van der Waals surface area (Å²) in [7, 11) is 0. The number of carbonyl (C=O) groups is 1. The lowest BCUT2D eigenvalue weighted by Gasteiger charge is -2.27. The van der Waals surface area contributed by atoms with Crippen molar-refractivity contribution in [1.82, 2.24) is 10.6 Å². The molecular weight excluding hydrogens is 314 g/mol. The Hall–Kier alpha value is -0.920. The zero-order valence-corrected chi connectivity index (χ0v) is 16.0. The molecule has 0 aliphatic carbocycles. The molecule has 0 saturated carbocycles. The SMILES string of the molecule is CC(C)(C)NC(=S)NC(CCCC(=O)OC(C)(C)C)CC(N)O. The minimum absolute atomic E-state index is 0.0974. The highest BCUT2D eigenvalue weighted by molar-refractivity contribution is 7.80.